The molecular weight excluding hydrogens is 192 g/mol. The van der Waals surface area contributed by atoms with Gasteiger partial charge in [0, 0.05) is 6.54 Å². The van der Waals surface area contributed by atoms with Crippen LogP contribution in [0.3, 0.4) is 0 Å². The number of nitrogens with one attached hydrogen (secondary N) is 1. The summed E-state index contributed by atoms with van der Waals surface area (Å²) in [5.74, 6) is 1.20. The Hall–Kier alpha value is -0.770. The Balaban J connectivity index is 1.61. The minimum absolute atomic E-state index is 0.194. The van der Waals surface area contributed by atoms with Gasteiger partial charge in [-0.15, -0.1) is 0 Å². The molecule has 0 spiro atoms. The maximum Gasteiger partial charge on any atom is 0.407 e. The van der Waals surface area contributed by atoms with Crippen molar-refractivity contribution in [2.45, 2.75) is 38.2 Å². The zero-order valence-electron chi connectivity index (χ0n) is 9.29. The largest absolute Gasteiger partial charge is 0.443 e. The van der Waals surface area contributed by atoms with Gasteiger partial charge in [0.25, 0.3) is 0 Å². The summed E-state index contributed by atoms with van der Waals surface area (Å²) in [6, 6.07) is 0. The summed E-state index contributed by atoms with van der Waals surface area (Å²) < 4.78 is 5.34. The summed E-state index contributed by atoms with van der Waals surface area (Å²) in [6.45, 7) is 3.45. The molecule has 4 nitrogen and oxygen atoms in total. The standard InChI is InChI=1S/C11H20N2O2/c1-11(3-2-4-11)15-10(14)13-7-9-5-8(9)6-12/h8-9H,2-7,12H2,1H3,(H,13,14). The quantitative estimate of drug-likeness (QED) is 0.737. The monoisotopic (exact) mass is 212 g/mol. The molecule has 0 aliphatic heterocycles. The molecule has 86 valence electrons. The summed E-state index contributed by atoms with van der Waals surface area (Å²) >= 11 is 0. The molecule has 0 radical (unpaired) electrons. The summed E-state index contributed by atoms with van der Waals surface area (Å²) in [5, 5.41) is 2.82. The van der Waals surface area contributed by atoms with Crippen LogP contribution in [0.2, 0.25) is 0 Å². The van der Waals surface area contributed by atoms with Crippen molar-refractivity contribution in [2.24, 2.45) is 17.6 Å². The number of nitrogens with two attached hydrogens (primary N) is 1. The van der Waals surface area contributed by atoms with Gasteiger partial charge < -0.3 is 15.8 Å². The third-order valence-electron chi connectivity index (χ3n) is 3.63. The first-order valence-corrected chi connectivity index (χ1v) is 5.80. The minimum atomic E-state index is -0.264. The van der Waals surface area contributed by atoms with Gasteiger partial charge in [0.15, 0.2) is 0 Å². The Morgan fingerprint density at radius 2 is 2.27 bits per heavy atom. The molecule has 0 aromatic carbocycles. The van der Waals surface area contributed by atoms with Crippen LogP contribution in [0.1, 0.15) is 32.6 Å². The van der Waals surface area contributed by atoms with Crippen LogP contribution in [0.5, 0.6) is 0 Å². The van der Waals surface area contributed by atoms with E-state index in [-0.39, 0.29) is 11.7 Å². The minimum Gasteiger partial charge on any atom is -0.443 e. The lowest BCUT2D eigenvalue weighted by molar-refractivity contribution is -0.0322. The highest BCUT2D eigenvalue weighted by molar-refractivity contribution is 5.67. The van der Waals surface area contributed by atoms with E-state index in [1.807, 2.05) is 6.92 Å². The zero-order chi connectivity index (χ0) is 10.9. The molecule has 3 N–H and O–H groups in total. The topological polar surface area (TPSA) is 64.3 Å². The van der Waals surface area contributed by atoms with Gasteiger partial charge in [-0.2, -0.15) is 0 Å². The highest BCUT2D eigenvalue weighted by Crippen LogP contribution is 2.37. The highest BCUT2D eigenvalue weighted by Gasteiger charge is 2.38. The van der Waals surface area contributed by atoms with Crippen molar-refractivity contribution in [3.63, 3.8) is 0 Å². The first-order valence-electron chi connectivity index (χ1n) is 5.80. The molecule has 2 aliphatic carbocycles. The van der Waals surface area contributed by atoms with Gasteiger partial charge in [-0.05, 0) is 51.0 Å². The molecule has 15 heavy (non-hydrogen) atoms. The van der Waals surface area contributed by atoms with E-state index in [1.54, 1.807) is 0 Å². The number of hydrogen-bond acceptors (Lipinski definition) is 3. The number of hydrogen-bond donors (Lipinski definition) is 2. The predicted molar refractivity (Wildman–Crippen MR) is 57.4 cm³/mol. The Kier molecular flexibility index (Phi) is 2.87. The van der Waals surface area contributed by atoms with Crippen LogP contribution in [0.15, 0.2) is 0 Å². The number of carbonyl (C=O) groups excluding carboxylic acids is 1. The summed E-state index contributed by atoms with van der Waals surface area (Å²) in [4.78, 5) is 11.4. The van der Waals surface area contributed by atoms with E-state index >= 15 is 0 Å². The SMILES string of the molecule is CC1(OC(=O)NCC2CC2CN)CCC1. The second kappa shape index (κ2) is 4.00. The third kappa shape index (κ3) is 2.62. The number of alkyl carbamates (subject to hydrolysis) is 1. The maximum atomic E-state index is 11.4. The van der Waals surface area contributed by atoms with Crippen molar-refractivity contribution in [3.8, 4) is 0 Å². The molecule has 2 unspecified atom stereocenters. The average Bonchev–Trinajstić information content (AvgIpc) is 2.91. The Morgan fingerprint density at radius 3 is 2.73 bits per heavy atom. The molecular formula is C11H20N2O2. The normalized spacial score (nSPS) is 31.6. The van der Waals surface area contributed by atoms with Gasteiger partial charge in [-0.25, -0.2) is 4.79 Å². The van der Waals surface area contributed by atoms with Crippen LogP contribution < -0.4 is 11.1 Å². The molecule has 0 heterocycles. The lowest BCUT2D eigenvalue weighted by Gasteiger charge is -2.37. The first-order chi connectivity index (χ1) is 7.13. The predicted octanol–water partition coefficient (Wildman–Crippen LogP) is 1.25. The lowest BCUT2D eigenvalue weighted by Crippen LogP contribution is -2.42. The van der Waals surface area contributed by atoms with E-state index in [4.69, 9.17) is 10.5 Å². The lowest BCUT2D eigenvalue weighted by atomic mass is 9.82. The van der Waals surface area contributed by atoms with Crippen LogP contribution in [0, 0.1) is 11.8 Å². The van der Waals surface area contributed by atoms with Crippen LogP contribution in [-0.2, 0) is 4.74 Å². The molecule has 2 atom stereocenters. The summed E-state index contributed by atoms with van der Waals surface area (Å²) in [5.41, 5.74) is 5.33. The molecule has 0 saturated heterocycles. The Labute approximate surface area is 90.5 Å². The maximum absolute atomic E-state index is 11.4. The van der Waals surface area contributed by atoms with Gasteiger partial charge in [0.05, 0.1) is 0 Å². The van der Waals surface area contributed by atoms with E-state index in [1.165, 1.54) is 6.42 Å². The summed E-state index contributed by atoms with van der Waals surface area (Å²) in [6.07, 6.45) is 4.04. The van der Waals surface area contributed by atoms with Crippen molar-refractivity contribution in [1.82, 2.24) is 5.32 Å². The van der Waals surface area contributed by atoms with Crippen molar-refractivity contribution in [2.75, 3.05) is 13.1 Å². The second-order valence-electron chi connectivity index (χ2n) is 5.07. The first kappa shape index (κ1) is 10.7. The summed E-state index contributed by atoms with van der Waals surface area (Å²) in [7, 11) is 0. The third-order valence-corrected chi connectivity index (χ3v) is 3.63. The van der Waals surface area contributed by atoms with Crippen molar-refractivity contribution >= 4 is 6.09 Å². The van der Waals surface area contributed by atoms with Crippen molar-refractivity contribution < 1.29 is 9.53 Å². The smallest absolute Gasteiger partial charge is 0.407 e. The van der Waals surface area contributed by atoms with E-state index in [9.17, 15) is 4.79 Å². The van der Waals surface area contributed by atoms with E-state index in [0.717, 1.165) is 32.4 Å². The fraction of sp³-hybridized carbons (Fsp3) is 0.909. The average molecular weight is 212 g/mol. The van der Waals surface area contributed by atoms with Gasteiger partial charge in [-0.3, -0.25) is 0 Å². The molecule has 2 saturated carbocycles. The number of carbonyl (C=O) groups is 1. The van der Waals surface area contributed by atoms with Gasteiger partial charge in [0.2, 0.25) is 0 Å². The van der Waals surface area contributed by atoms with Gasteiger partial charge >= 0.3 is 6.09 Å². The number of amides is 1. The van der Waals surface area contributed by atoms with Crippen LogP contribution in [-0.4, -0.2) is 24.8 Å². The van der Waals surface area contributed by atoms with Gasteiger partial charge in [0.1, 0.15) is 5.60 Å². The number of rotatable bonds is 4. The van der Waals surface area contributed by atoms with Crippen LogP contribution >= 0.6 is 0 Å². The van der Waals surface area contributed by atoms with E-state index in [2.05, 4.69) is 5.32 Å². The van der Waals surface area contributed by atoms with Crippen molar-refractivity contribution in [3.05, 3.63) is 0 Å². The van der Waals surface area contributed by atoms with E-state index in [0.29, 0.717) is 11.8 Å². The Bertz CT molecular complexity index is 251. The molecule has 4 heteroatoms. The molecule has 0 aromatic rings. The molecule has 2 rings (SSSR count). The molecule has 2 aliphatic rings. The van der Waals surface area contributed by atoms with Crippen LogP contribution in [0.25, 0.3) is 0 Å². The second-order valence-corrected chi connectivity index (χ2v) is 5.07. The highest BCUT2D eigenvalue weighted by atomic mass is 16.6. The van der Waals surface area contributed by atoms with Crippen molar-refractivity contribution in [1.29, 1.82) is 0 Å². The van der Waals surface area contributed by atoms with E-state index < -0.39 is 0 Å². The molecule has 2 fully saturated rings. The van der Waals surface area contributed by atoms with Gasteiger partial charge in [-0.1, -0.05) is 0 Å². The van der Waals surface area contributed by atoms with Crippen LogP contribution in [0.4, 0.5) is 4.79 Å². The molecule has 1 amide bonds. The fourth-order valence-corrected chi connectivity index (χ4v) is 2.10. The fourth-order valence-electron chi connectivity index (χ4n) is 2.10. The molecule has 0 aromatic heterocycles. The zero-order valence-corrected chi connectivity index (χ0v) is 9.29. The Morgan fingerprint density at radius 1 is 1.53 bits per heavy atom. The number of ether oxygens (including phenoxy) is 1. The molecule has 0 bridgehead atoms.